The molecule has 27 heavy (non-hydrogen) atoms. The molecule has 0 aromatic heterocycles. The summed E-state index contributed by atoms with van der Waals surface area (Å²) in [6.07, 6.45) is -1.02. The van der Waals surface area contributed by atoms with Gasteiger partial charge in [-0.3, -0.25) is 14.4 Å². The summed E-state index contributed by atoms with van der Waals surface area (Å²) >= 11 is 6.20. The van der Waals surface area contributed by atoms with Crippen molar-refractivity contribution in [3.63, 3.8) is 0 Å². The normalized spacial score (nSPS) is 21.0. The maximum atomic E-state index is 13.0. The van der Waals surface area contributed by atoms with Gasteiger partial charge in [0, 0.05) is 17.5 Å². The van der Waals surface area contributed by atoms with Crippen molar-refractivity contribution < 1.29 is 24.0 Å². The average Bonchev–Trinajstić information content (AvgIpc) is 3.17. The number of carbonyl (C=O) groups is 3. The van der Waals surface area contributed by atoms with Crippen molar-refractivity contribution in [3.8, 4) is 5.75 Å². The van der Waals surface area contributed by atoms with E-state index in [2.05, 4.69) is 5.16 Å². The summed E-state index contributed by atoms with van der Waals surface area (Å²) in [5.74, 6) is -1.94. The highest BCUT2D eigenvalue weighted by atomic mass is 35.5. The number of nitrogens with zero attached hydrogens (tertiary/aromatic N) is 2. The minimum Gasteiger partial charge on any atom is -0.427 e. The SMILES string of the molecule is CC(=O)Oc1ccc(N2C(=O)[C@H]3C(c4ccccc4Cl)=NO[C@@H]3C2=O)cc1. The van der Waals surface area contributed by atoms with Crippen LogP contribution in [0.4, 0.5) is 5.69 Å². The standard InChI is InChI=1S/C19H13ClN2O5/c1-10(23)26-12-8-6-11(7-9-12)22-18(24)15-16(21-27-17(15)19(22)25)13-4-2-3-5-14(13)20/h2-9,15,17H,1H3/t15-,17-/m0/s1. The first-order chi connectivity index (χ1) is 13.0. The number of ether oxygens (including phenoxy) is 1. The molecule has 1 saturated heterocycles. The van der Waals surface area contributed by atoms with Crippen molar-refractivity contribution in [2.45, 2.75) is 13.0 Å². The third-order valence-electron chi connectivity index (χ3n) is 4.32. The number of imide groups is 1. The molecule has 7 nitrogen and oxygen atoms in total. The largest absolute Gasteiger partial charge is 0.427 e. The Labute approximate surface area is 159 Å². The third kappa shape index (κ3) is 2.86. The molecule has 2 heterocycles. The van der Waals surface area contributed by atoms with E-state index < -0.39 is 29.8 Å². The zero-order valence-electron chi connectivity index (χ0n) is 14.1. The second-order valence-corrected chi connectivity index (χ2v) is 6.47. The van der Waals surface area contributed by atoms with Gasteiger partial charge in [0.25, 0.3) is 5.91 Å². The number of esters is 1. The van der Waals surface area contributed by atoms with Gasteiger partial charge in [-0.1, -0.05) is 35.0 Å². The lowest BCUT2D eigenvalue weighted by Crippen LogP contribution is -2.33. The number of hydrogen-bond donors (Lipinski definition) is 0. The van der Waals surface area contributed by atoms with Gasteiger partial charge in [0.05, 0.1) is 5.69 Å². The van der Waals surface area contributed by atoms with Crippen LogP contribution in [0.5, 0.6) is 5.75 Å². The number of anilines is 1. The molecule has 0 bridgehead atoms. The molecule has 0 radical (unpaired) electrons. The number of rotatable bonds is 3. The fraction of sp³-hybridized carbons (Fsp3) is 0.158. The Kier molecular flexibility index (Phi) is 4.16. The topological polar surface area (TPSA) is 85.3 Å². The van der Waals surface area contributed by atoms with Gasteiger partial charge >= 0.3 is 5.97 Å². The molecule has 4 rings (SSSR count). The Hall–Kier alpha value is -3.19. The summed E-state index contributed by atoms with van der Waals surface area (Å²) in [7, 11) is 0. The first-order valence-electron chi connectivity index (χ1n) is 8.12. The molecule has 2 aliphatic heterocycles. The van der Waals surface area contributed by atoms with E-state index in [0.29, 0.717) is 27.7 Å². The summed E-state index contributed by atoms with van der Waals surface area (Å²) in [6, 6.07) is 13.0. The van der Waals surface area contributed by atoms with Crippen LogP contribution < -0.4 is 9.64 Å². The van der Waals surface area contributed by atoms with E-state index in [1.54, 1.807) is 24.3 Å². The van der Waals surface area contributed by atoms with E-state index >= 15 is 0 Å². The first kappa shape index (κ1) is 17.2. The summed E-state index contributed by atoms with van der Waals surface area (Å²) in [5.41, 5.74) is 1.25. The number of amides is 2. The van der Waals surface area contributed by atoms with Crippen LogP contribution in [-0.2, 0) is 19.2 Å². The Morgan fingerprint density at radius 1 is 1.11 bits per heavy atom. The Morgan fingerprint density at radius 3 is 2.48 bits per heavy atom. The van der Waals surface area contributed by atoms with E-state index in [4.69, 9.17) is 21.2 Å². The summed E-state index contributed by atoms with van der Waals surface area (Å²) in [6.45, 7) is 1.29. The summed E-state index contributed by atoms with van der Waals surface area (Å²) in [5, 5.41) is 4.35. The minimum atomic E-state index is -1.02. The van der Waals surface area contributed by atoms with Gasteiger partial charge < -0.3 is 9.57 Å². The van der Waals surface area contributed by atoms with Crippen LogP contribution in [0.3, 0.4) is 0 Å². The van der Waals surface area contributed by atoms with Crippen molar-refractivity contribution >= 4 is 40.8 Å². The number of fused-ring (bicyclic) bond motifs is 1. The van der Waals surface area contributed by atoms with Gasteiger partial charge in [0.15, 0.2) is 0 Å². The third-order valence-corrected chi connectivity index (χ3v) is 4.65. The smallest absolute Gasteiger partial charge is 0.308 e. The van der Waals surface area contributed by atoms with E-state index in [1.807, 2.05) is 0 Å². The lowest BCUT2D eigenvalue weighted by molar-refractivity contribution is -0.132. The second-order valence-electron chi connectivity index (χ2n) is 6.06. The zero-order chi connectivity index (χ0) is 19.1. The van der Waals surface area contributed by atoms with Crippen molar-refractivity contribution in [2.75, 3.05) is 4.90 Å². The number of hydrogen-bond acceptors (Lipinski definition) is 6. The Morgan fingerprint density at radius 2 is 1.81 bits per heavy atom. The van der Waals surface area contributed by atoms with Gasteiger partial charge in [-0.15, -0.1) is 0 Å². The van der Waals surface area contributed by atoms with Gasteiger partial charge in [0.1, 0.15) is 17.4 Å². The quantitative estimate of drug-likeness (QED) is 0.461. The van der Waals surface area contributed by atoms with Crippen molar-refractivity contribution in [2.24, 2.45) is 11.1 Å². The van der Waals surface area contributed by atoms with Crippen molar-refractivity contribution in [1.29, 1.82) is 0 Å². The number of carbonyl (C=O) groups excluding carboxylic acids is 3. The van der Waals surface area contributed by atoms with Crippen LogP contribution >= 0.6 is 11.6 Å². The molecule has 8 heteroatoms. The van der Waals surface area contributed by atoms with E-state index in [0.717, 1.165) is 4.90 Å². The highest BCUT2D eigenvalue weighted by Gasteiger charge is 2.56. The molecular formula is C19H13ClN2O5. The summed E-state index contributed by atoms with van der Waals surface area (Å²) < 4.78 is 4.96. The molecule has 0 N–H and O–H groups in total. The fourth-order valence-corrected chi connectivity index (χ4v) is 3.39. The van der Waals surface area contributed by atoms with Crippen molar-refractivity contribution in [1.82, 2.24) is 0 Å². The second kappa shape index (κ2) is 6.51. The number of benzene rings is 2. The molecule has 0 aliphatic carbocycles. The van der Waals surface area contributed by atoms with E-state index in [-0.39, 0.29) is 0 Å². The molecule has 2 atom stereocenters. The molecule has 2 amide bonds. The monoisotopic (exact) mass is 384 g/mol. The molecule has 2 aliphatic rings. The predicted molar refractivity (Wildman–Crippen MR) is 96.6 cm³/mol. The Balaban J connectivity index is 1.64. The molecule has 2 aromatic carbocycles. The van der Waals surface area contributed by atoms with Crippen molar-refractivity contribution in [3.05, 3.63) is 59.1 Å². The molecule has 0 saturated carbocycles. The number of halogens is 1. The molecule has 2 aromatic rings. The highest BCUT2D eigenvalue weighted by Crippen LogP contribution is 2.36. The van der Waals surface area contributed by atoms with Crippen LogP contribution in [0.1, 0.15) is 12.5 Å². The molecule has 0 spiro atoms. The average molecular weight is 385 g/mol. The van der Waals surface area contributed by atoms with Gasteiger partial charge in [-0.05, 0) is 30.3 Å². The fourth-order valence-electron chi connectivity index (χ4n) is 3.15. The minimum absolute atomic E-state index is 0.320. The molecule has 136 valence electrons. The molecule has 1 fully saturated rings. The van der Waals surface area contributed by atoms with Crippen LogP contribution in [0.25, 0.3) is 0 Å². The lowest BCUT2D eigenvalue weighted by atomic mass is 9.94. The van der Waals surface area contributed by atoms with Crippen LogP contribution in [0.2, 0.25) is 5.02 Å². The lowest BCUT2D eigenvalue weighted by Gasteiger charge is -2.16. The van der Waals surface area contributed by atoms with Gasteiger partial charge in [0.2, 0.25) is 12.0 Å². The maximum absolute atomic E-state index is 13.0. The maximum Gasteiger partial charge on any atom is 0.308 e. The highest BCUT2D eigenvalue weighted by molar-refractivity contribution is 6.38. The van der Waals surface area contributed by atoms with Gasteiger partial charge in [-0.25, -0.2) is 4.90 Å². The van der Waals surface area contributed by atoms with Crippen LogP contribution in [-0.4, -0.2) is 29.6 Å². The van der Waals surface area contributed by atoms with Gasteiger partial charge in [-0.2, -0.15) is 0 Å². The number of oxime groups is 1. The van der Waals surface area contributed by atoms with Crippen LogP contribution in [0, 0.1) is 5.92 Å². The first-order valence-corrected chi connectivity index (χ1v) is 8.50. The Bertz CT molecular complexity index is 986. The molecule has 0 unspecified atom stereocenters. The molecular weight excluding hydrogens is 372 g/mol. The zero-order valence-corrected chi connectivity index (χ0v) is 14.8. The van der Waals surface area contributed by atoms with E-state index in [9.17, 15) is 14.4 Å². The van der Waals surface area contributed by atoms with Crippen LogP contribution in [0.15, 0.2) is 53.7 Å². The predicted octanol–water partition coefficient (Wildman–Crippen LogP) is 2.56. The summed E-state index contributed by atoms with van der Waals surface area (Å²) in [4.78, 5) is 43.0. The van der Waals surface area contributed by atoms with E-state index in [1.165, 1.54) is 31.2 Å².